The number of aryl methyl sites for hydroxylation is 1. The molecule has 47 heavy (non-hydrogen) atoms. The van der Waals surface area contributed by atoms with Crippen LogP contribution >= 0.6 is 22.6 Å². The lowest BCUT2D eigenvalue weighted by molar-refractivity contribution is -0.139. The van der Waals surface area contributed by atoms with Crippen molar-refractivity contribution in [3.8, 4) is 23.0 Å². The van der Waals surface area contributed by atoms with Gasteiger partial charge in [0.2, 0.25) is 0 Å². The Kier molecular flexibility index (Phi) is 12.4. The number of ether oxygens (including phenoxy) is 5. The predicted molar refractivity (Wildman–Crippen MR) is 184 cm³/mol. The van der Waals surface area contributed by atoms with E-state index in [1.807, 2.05) is 38.1 Å². The van der Waals surface area contributed by atoms with Gasteiger partial charge in [0.1, 0.15) is 6.61 Å². The molecule has 248 valence electrons. The molecule has 0 bridgehead atoms. The minimum Gasteiger partial charge on any atom is -0.493 e. The second kappa shape index (κ2) is 16.7. The van der Waals surface area contributed by atoms with Crippen LogP contribution in [0.4, 0.5) is 4.79 Å². The van der Waals surface area contributed by atoms with Crippen molar-refractivity contribution in [2.45, 2.75) is 40.3 Å². The summed E-state index contributed by atoms with van der Waals surface area (Å²) in [6, 6.07) is 15.4. The first-order valence-corrected chi connectivity index (χ1v) is 15.9. The third kappa shape index (κ3) is 9.37. The molecule has 0 saturated carbocycles. The molecule has 3 N–H and O–H groups in total. The van der Waals surface area contributed by atoms with Gasteiger partial charge in [-0.3, -0.25) is 4.79 Å². The van der Waals surface area contributed by atoms with Gasteiger partial charge in [-0.15, -0.1) is 0 Å². The number of allylic oxidation sites excluding steroid dienone is 1. The summed E-state index contributed by atoms with van der Waals surface area (Å²) in [5.41, 5.74) is 6.59. The molecule has 13 heteroatoms. The summed E-state index contributed by atoms with van der Waals surface area (Å²) in [7, 11) is 1.45. The number of amides is 3. The number of methoxy groups -OCH3 is 1. The molecular formula is C34H37IN4O8. The van der Waals surface area contributed by atoms with Crippen LogP contribution in [-0.2, 0) is 20.9 Å². The molecule has 0 saturated heterocycles. The van der Waals surface area contributed by atoms with E-state index in [9.17, 15) is 14.4 Å². The molecule has 12 nitrogen and oxygen atoms in total. The second-order valence-corrected chi connectivity index (χ2v) is 11.5. The normalized spacial score (nSPS) is 14.3. The topological polar surface area (TPSA) is 146 Å². The highest BCUT2D eigenvalue weighted by atomic mass is 127. The Bertz CT molecular complexity index is 1690. The first-order valence-electron chi connectivity index (χ1n) is 14.9. The van der Waals surface area contributed by atoms with Gasteiger partial charge in [-0.05, 0) is 91.2 Å². The summed E-state index contributed by atoms with van der Waals surface area (Å²) in [6.45, 7) is 7.94. The molecule has 3 aromatic rings. The number of hydrazone groups is 1. The molecule has 3 aromatic carbocycles. The number of hydrogen-bond donors (Lipinski definition) is 3. The monoisotopic (exact) mass is 756 g/mol. The number of hydrogen-bond acceptors (Lipinski definition) is 9. The van der Waals surface area contributed by atoms with Crippen molar-refractivity contribution in [3.05, 3.63) is 91.7 Å². The number of nitrogens with one attached hydrogen (secondary N) is 3. The van der Waals surface area contributed by atoms with Crippen LogP contribution in [0, 0.1) is 10.5 Å². The van der Waals surface area contributed by atoms with Crippen molar-refractivity contribution in [3.63, 3.8) is 0 Å². The fraction of sp³-hybridized carbons (Fsp3) is 0.294. The van der Waals surface area contributed by atoms with E-state index < -0.39 is 23.9 Å². The maximum Gasteiger partial charge on any atom is 0.338 e. The van der Waals surface area contributed by atoms with Gasteiger partial charge in [0.05, 0.1) is 41.7 Å². The maximum absolute atomic E-state index is 12.6. The lowest BCUT2D eigenvalue weighted by Gasteiger charge is -2.28. The van der Waals surface area contributed by atoms with Gasteiger partial charge in [0, 0.05) is 5.70 Å². The van der Waals surface area contributed by atoms with E-state index in [1.165, 1.54) is 13.3 Å². The number of carbonyl (C=O) groups is 3. The summed E-state index contributed by atoms with van der Waals surface area (Å²) < 4.78 is 29.1. The van der Waals surface area contributed by atoms with E-state index in [0.717, 1.165) is 14.7 Å². The Balaban J connectivity index is 1.39. The van der Waals surface area contributed by atoms with Crippen LogP contribution in [0.2, 0.25) is 0 Å². The number of nitrogens with zero attached hydrogens (tertiary/aromatic N) is 1. The van der Waals surface area contributed by atoms with Crippen LogP contribution in [0.1, 0.15) is 49.1 Å². The van der Waals surface area contributed by atoms with Gasteiger partial charge in [-0.2, -0.15) is 5.10 Å². The molecule has 1 heterocycles. The van der Waals surface area contributed by atoms with Crippen molar-refractivity contribution < 1.29 is 38.1 Å². The number of urea groups is 1. The Morgan fingerprint density at radius 1 is 0.979 bits per heavy atom. The van der Waals surface area contributed by atoms with E-state index in [1.54, 1.807) is 38.1 Å². The third-order valence-corrected chi connectivity index (χ3v) is 7.65. The highest BCUT2D eigenvalue weighted by Gasteiger charge is 2.32. The average Bonchev–Trinajstić information content (AvgIpc) is 3.03. The number of carbonyl (C=O) groups excluding carboxylic acids is 3. The van der Waals surface area contributed by atoms with Crippen molar-refractivity contribution in [1.82, 2.24) is 16.1 Å². The molecule has 0 unspecified atom stereocenters. The Morgan fingerprint density at radius 2 is 1.79 bits per heavy atom. The molecule has 1 aliphatic rings. The molecule has 3 amide bonds. The Morgan fingerprint density at radius 3 is 2.51 bits per heavy atom. The summed E-state index contributed by atoms with van der Waals surface area (Å²) in [6.07, 6.45) is 1.51. The van der Waals surface area contributed by atoms with Gasteiger partial charge < -0.3 is 34.3 Å². The molecule has 1 atom stereocenters. The van der Waals surface area contributed by atoms with Crippen LogP contribution in [0.15, 0.2) is 71.0 Å². The Labute approximate surface area is 287 Å². The Hall–Kier alpha value is -4.79. The first-order chi connectivity index (χ1) is 22.6. The molecule has 4 rings (SSSR count). The summed E-state index contributed by atoms with van der Waals surface area (Å²) >= 11 is 2.18. The highest BCUT2D eigenvalue weighted by Crippen LogP contribution is 2.36. The standard InChI is InChI=1S/C34H37IN4O8/c1-6-44-28-15-23(14-25(35)32(28)47-18-22-10-8-9-20(3)13-22)17-36-39-29(40)19-46-26-12-11-24(16-27(26)43-5)31-30(33(41)45-7-2)21(4)37-34(42)38-31/h8-17,31H,6-7,18-19H2,1-5H3,(H,39,40)(H2,37,38,42)/b36-17-/t31-/m1/s1. The van der Waals surface area contributed by atoms with Crippen LogP contribution in [0.3, 0.4) is 0 Å². The SMILES string of the molecule is CCOC(=O)C1=C(C)NC(=O)N[C@@H]1c1ccc(OCC(=O)N/N=C\c2cc(I)c(OCc3cccc(C)c3)c(OCC)c2)c(OC)c1. The van der Waals surface area contributed by atoms with Crippen LogP contribution < -0.4 is 35.0 Å². The van der Waals surface area contributed by atoms with Gasteiger partial charge in [0.15, 0.2) is 29.6 Å². The predicted octanol–water partition coefficient (Wildman–Crippen LogP) is 5.31. The molecule has 0 spiro atoms. The molecule has 1 aliphatic heterocycles. The van der Waals surface area contributed by atoms with Crippen molar-refractivity contribution in [2.24, 2.45) is 5.10 Å². The molecule has 0 aromatic heterocycles. The average molecular weight is 757 g/mol. The number of rotatable bonds is 14. The summed E-state index contributed by atoms with van der Waals surface area (Å²) in [5.74, 6) is 0.739. The van der Waals surface area contributed by atoms with Gasteiger partial charge in [-0.1, -0.05) is 35.9 Å². The number of halogens is 1. The van der Waals surface area contributed by atoms with Gasteiger partial charge >= 0.3 is 12.0 Å². The zero-order valence-electron chi connectivity index (χ0n) is 26.8. The number of benzene rings is 3. The molecule has 0 radical (unpaired) electrons. The smallest absolute Gasteiger partial charge is 0.338 e. The lowest BCUT2D eigenvalue weighted by Crippen LogP contribution is -2.45. The van der Waals surface area contributed by atoms with Crippen molar-refractivity contribution in [2.75, 3.05) is 26.9 Å². The van der Waals surface area contributed by atoms with Gasteiger partial charge in [-0.25, -0.2) is 15.0 Å². The van der Waals surface area contributed by atoms with E-state index in [2.05, 4.69) is 49.8 Å². The van der Waals surface area contributed by atoms with E-state index >= 15 is 0 Å². The first kappa shape index (κ1) is 35.1. The van der Waals surface area contributed by atoms with E-state index in [-0.39, 0.29) is 24.5 Å². The fourth-order valence-electron chi connectivity index (χ4n) is 4.78. The van der Waals surface area contributed by atoms with Crippen LogP contribution in [0.25, 0.3) is 0 Å². The minimum absolute atomic E-state index is 0.183. The zero-order valence-corrected chi connectivity index (χ0v) is 28.9. The number of esters is 1. The zero-order chi connectivity index (χ0) is 33.9. The molecule has 0 aliphatic carbocycles. The van der Waals surface area contributed by atoms with E-state index in [0.29, 0.717) is 47.3 Å². The quantitative estimate of drug-likeness (QED) is 0.0870. The highest BCUT2D eigenvalue weighted by molar-refractivity contribution is 14.1. The summed E-state index contributed by atoms with van der Waals surface area (Å²) in [5, 5.41) is 9.41. The second-order valence-electron chi connectivity index (χ2n) is 10.3. The van der Waals surface area contributed by atoms with E-state index in [4.69, 9.17) is 23.7 Å². The van der Waals surface area contributed by atoms with Crippen molar-refractivity contribution in [1.29, 1.82) is 0 Å². The summed E-state index contributed by atoms with van der Waals surface area (Å²) in [4.78, 5) is 37.4. The third-order valence-electron chi connectivity index (χ3n) is 6.84. The maximum atomic E-state index is 12.6. The molecule has 0 fully saturated rings. The fourth-order valence-corrected chi connectivity index (χ4v) is 5.56. The minimum atomic E-state index is -0.775. The van der Waals surface area contributed by atoms with Gasteiger partial charge in [0.25, 0.3) is 5.91 Å². The lowest BCUT2D eigenvalue weighted by atomic mass is 9.95. The molecular weight excluding hydrogens is 719 g/mol. The van der Waals surface area contributed by atoms with Crippen LogP contribution in [0.5, 0.6) is 23.0 Å². The largest absolute Gasteiger partial charge is 0.493 e. The van der Waals surface area contributed by atoms with Crippen LogP contribution in [-0.4, -0.2) is 51.1 Å². The van der Waals surface area contributed by atoms with Crippen molar-refractivity contribution >= 4 is 46.7 Å².